The van der Waals surface area contributed by atoms with E-state index in [-0.39, 0.29) is 17.9 Å². The smallest absolute Gasteiger partial charge is 0.272 e. The lowest BCUT2D eigenvalue weighted by Gasteiger charge is -2.05. The summed E-state index contributed by atoms with van der Waals surface area (Å²) < 4.78 is 0. The minimum Gasteiger partial charge on any atom is -0.302 e. The third-order valence-corrected chi connectivity index (χ3v) is 5.28. The Balaban J connectivity index is 1.54. The standard InChI is InChI=1S/C21H18N4O2S/c1-12-7-8-13(2)16(9-12)18-11-28-21(22-18)23-19(26)10-17-14-5-3-4-6-15(14)20(27)25-24-17/h3-9,11H,10H2,1-2H3,(H,25,27)(H,22,23,26). The van der Waals surface area contributed by atoms with E-state index in [4.69, 9.17) is 0 Å². The lowest BCUT2D eigenvalue weighted by atomic mass is 10.0. The van der Waals surface area contributed by atoms with Gasteiger partial charge in [0.2, 0.25) is 5.91 Å². The van der Waals surface area contributed by atoms with Gasteiger partial charge in [-0.1, -0.05) is 35.9 Å². The number of aryl methyl sites for hydroxylation is 2. The number of carbonyl (C=O) groups is 1. The first-order chi connectivity index (χ1) is 13.5. The van der Waals surface area contributed by atoms with E-state index in [2.05, 4.69) is 38.7 Å². The van der Waals surface area contributed by atoms with Crippen molar-refractivity contribution in [2.75, 3.05) is 5.32 Å². The molecule has 0 atom stereocenters. The summed E-state index contributed by atoms with van der Waals surface area (Å²) in [6.45, 7) is 4.08. The maximum Gasteiger partial charge on any atom is 0.272 e. The lowest BCUT2D eigenvalue weighted by Crippen LogP contribution is -2.18. The number of H-pyrrole nitrogens is 1. The molecule has 2 heterocycles. The molecule has 0 radical (unpaired) electrons. The van der Waals surface area contributed by atoms with Gasteiger partial charge in [-0.05, 0) is 31.5 Å². The van der Waals surface area contributed by atoms with Gasteiger partial charge in [-0.2, -0.15) is 5.10 Å². The summed E-state index contributed by atoms with van der Waals surface area (Å²) in [5, 5.41) is 13.0. The first kappa shape index (κ1) is 18.1. The number of hydrogen-bond acceptors (Lipinski definition) is 5. The first-order valence-corrected chi connectivity index (χ1v) is 9.68. The van der Waals surface area contributed by atoms with Crippen molar-refractivity contribution in [3.8, 4) is 11.3 Å². The van der Waals surface area contributed by atoms with Crippen LogP contribution in [0.5, 0.6) is 0 Å². The summed E-state index contributed by atoms with van der Waals surface area (Å²) in [5.41, 5.74) is 4.46. The number of anilines is 1. The molecule has 140 valence electrons. The van der Waals surface area contributed by atoms with E-state index in [1.807, 2.05) is 25.3 Å². The Morgan fingerprint density at radius 3 is 2.75 bits per heavy atom. The van der Waals surface area contributed by atoms with Crippen LogP contribution in [0.15, 0.2) is 52.6 Å². The van der Waals surface area contributed by atoms with Gasteiger partial charge < -0.3 is 5.32 Å². The van der Waals surface area contributed by atoms with Crippen LogP contribution in [0.2, 0.25) is 0 Å². The predicted molar refractivity (Wildman–Crippen MR) is 112 cm³/mol. The predicted octanol–water partition coefficient (Wildman–Crippen LogP) is 3.84. The number of thiazole rings is 1. The molecule has 0 bridgehead atoms. The fraction of sp³-hybridized carbons (Fsp3) is 0.143. The molecule has 0 spiro atoms. The monoisotopic (exact) mass is 390 g/mol. The highest BCUT2D eigenvalue weighted by Crippen LogP contribution is 2.28. The number of nitrogens with zero attached hydrogens (tertiary/aromatic N) is 2. The number of hydrogen-bond donors (Lipinski definition) is 2. The Labute approximate surface area is 165 Å². The van der Waals surface area contributed by atoms with E-state index in [0.29, 0.717) is 21.6 Å². The summed E-state index contributed by atoms with van der Waals surface area (Å²) in [6.07, 6.45) is 0.0513. The number of carbonyl (C=O) groups excluding carboxylic acids is 1. The van der Waals surface area contributed by atoms with Crippen LogP contribution in [-0.4, -0.2) is 21.1 Å². The molecule has 1 amide bonds. The molecule has 0 saturated heterocycles. The van der Waals surface area contributed by atoms with Crippen molar-refractivity contribution in [1.82, 2.24) is 15.2 Å². The zero-order valence-corrected chi connectivity index (χ0v) is 16.3. The molecule has 0 unspecified atom stereocenters. The molecule has 6 nitrogen and oxygen atoms in total. The number of aromatic nitrogens is 3. The van der Waals surface area contributed by atoms with Crippen molar-refractivity contribution in [3.05, 3.63) is 75.0 Å². The molecule has 28 heavy (non-hydrogen) atoms. The molecule has 4 aromatic rings. The average Bonchev–Trinajstić information content (AvgIpc) is 3.14. The maximum absolute atomic E-state index is 12.5. The zero-order chi connectivity index (χ0) is 19.7. The Hall–Kier alpha value is -3.32. The van der Waals surface area contributed by atoms with Gasteiger partial charge in [0.25, 0.3) is 5.56 Å². The van der Waals surface area contributed by atoms with Crippen LogP contribution in [0.4, 0.5) is 5.13 Å². The molecule has 7 heteroatoms. The second-order valence-corrected chi connectivity index (χ2v) is 7.48. The van der Waals surface area contributed by atoms with Gasteiger partial charge in [0.1, 0.15) is 0 Å². The normalized spacial score (nSPS) is 10.9. The molecule has 0 saturated carbocycles. The van der Waals surface area contributed by atoms with Crippen molar-refractivity contribution in [2.24, 2.45) is 0 Å². The van der Waals surface area contributed by atoms with E-state index in [1.165, 1.54) is 11.3 Å². The van der Waals surface area contributed by atoms with Gasteiger partial charge in [0.15, 0.2) is 5.13 Å². The van der Waals surface area contributed by atoms with Gasteiger partial charge in [0.05, 0.1) is 23.2 Å². The van der Waals surface area contributed by atoms with E-state index >= 15 is 0 Å². The molecule has 0 aliphatic rings. The summed E-state index contributed by atoms with van der Waals surface area (Å²) in [7, 11) is 0. The highest BCUT2D eigenvalue weighted by Gasteiger charge is 2.13. The van der Waals surface area contributed by atoms with Crippen molar-refractivity contribution < 1.29 is 4.79 Å². The summed E-state index contributed by atoms with van der Waals surface area (Å²) in [4.78, 5) is 28.9. The third kappa shape index (κ3) is 3.57. The number of nitrogens with one attached hydrogen (secondary N) is 2. The van der Waals surface area contributed by atoms with E-state index < -0.39 is 0 Å². The SMILES string of the molecule is Cc1ccc(C)c(-c2csc(NC(=O)Cc3n[nH]c(=O)c4ccccc34)n2)c1. The molecule has 2 aromatic heterocycles. The van der Waals surface area contributed by atoms with Gasteiger partial charge in [-0.15, -0.1) is 11.3 Å². The van der Waals surface area contributed by atoms with Gasteiger partial charge in [-0.25, -0.2) is 10.1 Å². The topological polar surface area (TPSA) is 87.7 Å². The van der Waals surface area contributed by atoms with E-state index in [9.17, 15) is 9.59 Å². The molecule has 0 fully saturated rings. The van der Waals surface area contributed by atoms with E-state index in [0.717, 1.165) is 22.4 Å². The number of benzene rings is 2. The number of fused-ring (bicyclic) bond motifs is 1. The Kier molecular flexibility index (Phi) is 4.75. The highest BCUT2D eigenvalue weighted by atomic mass is 32.1. The quantitative estimate of drug-likeness (QED) is 0.554. The fourth-order valence-corrected chi connectivity index (χ4v) is 3.82. The molecule has 0 aliphatic heterocycles. The van der Waals surface area contributed by atoms with Crippen LogP contribution >= 0.6 is 11.3 Å². The van der Waals surface area contributed by atoms with Crippen LogP contribution in [-0.2, 0) is 11.2 Å². The summed E-state index contributed by atoms with van der Waals surface area (Å²) in [6, 6.07) is 13.3. The Bertz CT molecular complexity index is 1240. The van der Waals surface area contributed by atoms with Gasteiger partial charge >= 0.3 is 0 Å². The second-order valence-electron chi connectivity index (χ2n) is 6.63. The third-order valence-electron chi connectivity index (χ3n) is 4.52. The lowest BCUT2D eigenvalue weighted by molar-refractivity contribution is -0.115. The van der Waals surface area contributed by atoms with Gasteiger partial charge in [0, 0.05) is 16.3 Å². The molecule has 2 aromatic carbocycles. The van der Waals surface area contributed by atoms with Crippen molar-refractivity contribution in [3.63, 3.8) is 0 Å². The van der Waals surface area contributed by atoms with Crippen molar-refractivity contribution in [1.29, 1.82) is 0 Å². The molecular formula is C21H18N4O2S. The van der Waals surface area contributed by atoms with Gasteiger partial charge in [-0.3, -0.25) is 9.59 Å². The first-order valence-electron chi connectivity index (χ1n) is 8.80. The second kappa shape index (κ2) is 7.36. The van der Waals surface area contributed by atoms with Crippen LogP contribution < -0.4 is 10.9 Å². The van der Waals surface area contributed by atoms with Crippen molar-refractivity contribution in [2.45, 2.75) is 20.3 Å². The largest absolute Gasteiger partial charge is 0.302 e. The molecule has 2 N–H and O–H groups in total. The Morgan fingerprint density at radius 2 is 1.93 bits per heavy atom. The molecule has 4 rings (SSSR count). The van der Waals surface area contributed by atoms with Crippen LogP contribution in [0.3, 0.4) is 0 Å². The summed E-state index contributed by atoms with van der Waals surface area (Å²) in [5.74, 6) is -0.230. The molecule has 0 aliphatic carbocycles. The zero-order valence-electron chi connectivity index (χ0n) is 15.4. The number of amides is 1. The van der Waals surface area contributed by atoms with E-state index in [1.54, 1.807) is 18.2 Å². The molecular weight excluding hydrogens is 372 g/mol. The number of rotatable bonds is 4. The average molecular weight is 390 g/mol. The highest BCUT2D eigenvalue weighted by molar-refractivity contribution is 7.14. The minimum absolute atomic E-state index is 0.0513. The fourth-order valence-electron chi connectivity index (χ4n) is 3.09. The van der Waals surface area contributed by atoms with Crippen molar-refractivity contribution >= 4 is 33.1 Å². The maximum atomic E-state index is 12.5. The van der Waals surface area contributed by atoms with Crippen LogP contribution in [0, 0.1) is 13.8 Å². The van der Waals surface area contributed by atoms with Crippen LogP contribution in [0.25, 0.3) is 22.0 Å². The Morgan fingerprint density at radius 1 is 1.14 bits per heavy atom. The summed E-state index contributed by atoms with van der Waals surface area (Å²) >= 11 is 1.38. The minimum atomic E-state index is -0.266. The van der Waals surface area contributed by atoms with Crippen LogP contribution in [0.1, 0.15) is 16.8 Å². The number of aromatic amines is 1.